The summed E-state index contributed by atoms with van der Waals surface area (Å²) in [7, 11) is 0. The van der Waals surface area contributed by atoms with Crippen LogP contribution in [0.3, 0.4) is 0 Å². The fourth-order valence-electron chi connectivity index (χ4n) is 1.12. The van der Waals surface area contributed by atoms with Gasteiger partial charge < -0.3 is 10.1 Å². The smallest absolute Gasteiger partial charge is 0.371 e. The lowest BCUT2D eigenvalue weighted by molar-refractivity contribution is 0.0685. The molecule has 0 saturated heterocycles. The SMILES string of the molecule is O=C(O)c1nc2c(F)c(F)ccc2[nH]1. The summed E-state index contributed by atoms with van der Waals surface area (Å²) in [4.78, 5) is 16.2. The number of benzene rings is 1. The highest BCUT2D eigenvalue weighted by Crippen LogP contribution is 2.17. The first kappa shape index (κ1) is 8.61. The number of nitrogens with zero attached hydrogens (tertiary/aromatic N) is 1. The summed E-state index contributed by atoms with van der Waals surface area (Å²) in [6.45, 7) is 0. The van der Waals surface area contributed by atoms with Gasteiger partial charge in [-0.05, 0) is 12.1 Å². The van der Waals surface area contributed by atoms with Crippen LogP contribution in [0.1, 0.15) is 10.6 Å². The predicted molar refractivity (Wildman–Crippen MR) is 43.0 cm³/mol. The standard InChI is InChI=1S/C8H4F2N2O2/c9-3-1-2-4-6(5(3)10)12-7(11-4)8(13)14/h1-2H,(H,11,12)(H,13,14). The lowest BCUT2D eigenvalue weighted by atomic mass is 10.3. The van der Waals surface area contributed by atoms with Crippen molar-refractivity contribution in [2.75, 3.05) is 0 Å². The molecule has 0 radical (unpaired) electrons. The van der Waals surface area contributed by atoms with Crippen LogP contribution in [0.15, 0.2) is 12.1 Å². The van der Waals surface area contributed by atoms with E-state index in [9.17, 15) is 13.6 Å². The number of nitrogens with one attached hydrogen (secondary N) is 1. The molecule has 0 aliphatic rings. The summed E-state index contributed by atoms with van der Waals surface area (Å²) in [5, 5.41) is 8.54. The highest BCUT2D eigenvalue weighted by molar-refractivity contribution is 5.89. The first-order chi connectivity index (χ1) is 6.59. The minimum atomic E-state index is -1.32. The van der Waals surface area contributed by atoms with E-state index in [2.05, 4.69) is 9.97 Å². The highest BCUT2D eigenvalue weighted by Gasteiger charge is 2.14. The topological polar surface area (TPSA) is 66.0 Å². The Morgan fingerprint density at radius 1 is 1.43 bits per heavy atom. The van der Waals surface area contributed by atoms with Gasteiger partial charge in [0.2, 0.25) is 5.82 Å². The number of carbonyl (C=O) groups is 1. The molecule has 72 valence electrons. The molecule has 14 heavy (non-hydrogen) atoms. The zero-order chi connectivity index (χ0) is 10.3. The van der Waals surface area contributed by atoms with Gasteiger partial charge in [-0.1, -0.05) is 0 Å². The minimum absolute atomic E-state index is 0.154. The highest BCUT2D eigenvalue weighted by atomic mass is 19.2. The Morgan fingerprint density at radius 2 is 2.14 bits per heavy atom. The van der Waals surface area contributed by atoms with Crippen molar-refractivity contribution in [3.8, 4) is 0 Å². The Morgan fingerprint density at radius 3 is 2.79 bits per heavy atom. The molecule has 1 aromatic heterocycles. The molecule has 0 saturated carbocycles. The van der Waals surface area contributed by atoms with Crippen molar-refractivity contribution < 1.29 is 18.7 Å². The van der Waals surface area contributed by atoms with E-state index < -0.39 is 23.4 Å². The number of imidazole rings is 1. The predicted octanol–water partition coefficient (Wildman–Crippen LogP) is 1.54. The van der Waals surface area contributed by atoms with E-state index in [0.29, 0.717) is 0 Å². The number of fused-ring (bicyclic) bond motifs is 1. The van der Waals surface area contributed by atoms with E-state index in [-0.39, 0.29) is 11.0 Å². The summed E-state index contributed by atoms with van der Waals surface area (Å²) in [6, 6.07) is 2.13. The largest absolute Gasteiger partial charge is 0.475 e. The van der Waals surface area contributed by atoms with E-state index in [1.54, 1.807) is 0 Å². The maximum absolute atomic E-state index is 13.0. The second-order valence-corrected chi connectivity index (χ2v) is 2.65. The average molecular weight is 198 g/mol. The maximum Gasteiger partial charge on any atom is 0.371 e. The molecule has 0 spiro atoms. The van der Waals surface area contributed by atoms with Crippen LogP contribution in [-0.4, -0.2) is 21.0 Å². The van der Waals surface area contributed by atoms with Crippen LogP contribution in [0.5, 0.6) is 0 Å². The van der Waals surface area contributed by atoms with E-state index in [1.807, 2.05) is 0 Å². The Labute approximate surface area is 76.2 Å². The summed E-state index contributed by atoms with van der Waals surface area (Å²) in [5.41, 5.74) is -0.149. The van der Waals surface area contributed by atoms with Crippen LogP contribution >= 0.6 is 0 Å². The molecule has 0 aliphatic carbocycles. The molecule has 0 fully saturated rings. The van der Waals surface area contributed by atoms with Gasteiger partial charge in [0.25, 0.3) is 0 Å². The number of aromatic amines is 1. The van der Waals surface area contributed by atoms with Crippen LogP contribution in [0.2, 0.25) is 0 Å². The van der Waals surface area contributed by atoms with Gasteiger partial charge in [0.05, 0.1) is 5.52 Å². The molecule has 4 nitrogen and oxygen atoms in total. The van der Waals surface area contributed by atoms with Crippen LogP contribution in [-0.2, 0) is 0 Å². The average Bonchev–Trinajstić information content (AvgIpc) is 2.56. The number of carboxylic acids is 1. The van der Waals surface area contributed by atoms with Crippen LogP contribution in [0.4, 0.5) is 8.78 Å². The second-order valence-electron chi connectivity index (χ2n) is 2.65. The van der Waals surface area contributed by atoms with E-state index in [1.165, 1.54) is 6.07 Å². The third-order valence-corrected chi connectivity index (χ3v) is 1.75. The van der Waals surface area contributed by atoms with Crippen LogP contribution < -0.4 is 0 Å². The molecule has 0 unspecified atom stereocenters. The quantitative estimate of drug-likeness (QED) is 0.730. The first-order valence-electron chi connectivity index (χ1n) is 3.66. The normalized spacial score (nSPS) is 10.7. The summed E-state index contributed by atoms with van der Waals surface area (Å²) >= 11 is 0. The van der Waals surface area contributed by atoms with Crippen LogP contribution in [0, 0.1) is 11.6 Å². The van der Waals surface area contributed by atoms with Crippen molar-refractivity contribution in [2.24, 2.45) is 0 Å². The number of H-pyrrole nitrogens is 1. The van der Waals surface area contributed by atoms with Crippen molar-refractivity contribution in [1.82, 2.24) is 9.97 Å². The van der Waals surface area contributed by atoms with Gasteiger partial charge in [-0.25, -0.2) is 18.6 Å². The number of aromatic nitrogens is 2. The first-order valence-corrected chi connectivity index (χ1v) is 3.66. The molecule has 2 aromatic rings. The maximum atomic E-state index is 13.0. The van der Waals surface area contributed by atoms with Crippen LogP contribution in [0.25, 0.3) is 11.0 Å². The van der Waals surface area contributed by atoms with Gasteiger partial charge >= 0.3 is 5.97 Å². The number of aromatic carboxylic acids is 1. The van der Waals surface area contributed by atoms with E-state index in [0.717, 1.165) is 6.07 Å². The second kappa shape index (κ2) is 2.76. The molecule has 1 aromatic carbocycles. The van der Waals surface area contributed by atoms with Gasteiger partial charge in [-0.3, -0.25) is 0 Å². The van der Waals surface area contributed by atoms with Crippen molar-refractivity contribution in [1.29, 1.82) is 0 Å². The monoisotopic (exact) mass is 198 g/mol. The number of halogens is 2. The van der Waals surface area contributed by atoms with E-state index in [4.69, 9.17) is 5.11 Å². The lowest BCUT2D eigenvalue weighted by Crippen LogP contribution is -1.97. The lowest BCUT2D eigenvalue weighted by Gasteiger charge is -1.90. The van der Waals surface area contributed by atoms with Crippen molar-refractivity contribution in [2.45, 2.75) is 0 Å². The van der Waals surface area contributed by atoms with Gasteiger partial charge in [0.1, 0.15) is 5.52 Å². The zero-order valence-electron chi connectivity index (χ0n) is 6.71. The Balaban J connectivity index is 2.77. The third kappa shape index (κ3) is 1.12. The van der Waals surface area contributed by atoms with Crippen molar-refractivity contribution >= 4 is 17.0 Å². The van der Waals surface area contributed by atoms with Crippen molar-refractivity contribution in [3.63, 3.8) is 0 Å². The zero-order valence-corrected chi connectivity index (χ0v) is 6.71. The summed E-state index contributed by atoms with van der Waals surface area (Å²) in [6.07, 6.45) is 0. The molecule has 0 atom stereocenters. The number of carboxylic acid groups (broad SMARTS) is 1. The minimum Gasteiger partial charge on any atom is -0.475 e. The molecule has 0 bridgehead atoms. The third-order valence-electron chi connectivity index (χ3n) is 1.75. The molecule has 6 heteroatoms. The summed E-state index contributed by atoms with van der Waals surface area (Å²) < 4.78 is 25.7. The summed E-state index contributed by atoms with van der Waals surface area (Å²) in [5.74, 6) is -3.93. The Kier molecular flexibility index (Phi) is 1.70. The molecule has 2 N–H and O–H groups in total. The molecule has 2 rings (SSSR count). The Hall–Kier alpha value is -1.98. The number of hydrogen-bond donors (Lipinski definition) is 2. The van der Waals surface area contributed by atoms with Gasteiger partial charge in [0.15, 0.2) is 11.6 Å². The number of hydrogen-bond acceptors (Lipinski definition) is 2. The molecule has 0 amide bonds. The molecule has 1 heterocycles. The molecular formula is C8H4F2N2O2. The fourth-order valence-corrected chi connectivity index (χ4v) is 1.12. The van der Waals surface area contributed by atoms with Gasteiger partial charge in [0, 0.05) is 0 Å². The van der Waals surface area contributed by atoms with Gasteiger partial charge in [-0.15, -0.1) is 0 Å². The molecule has 0 aliphatic heterocycles. The Bertz CT molecular complexity index is 521. The van der Waals surface area contributed by atoms with Crippen molar-refractivity contribution in [3.05, 3.63) is 29.6 Å². The van der Waals surface area contributed by atoms with Gasteiger partial charge in [-0.2, -0.15) is 0 Å². The van der Waals surface area contributed by atoms with E-state index >= 15 is 0 Å². The molecular weight excluding hydrogens is 194 g/mol. The fraction of sp³-hybridized carbons (Fsp3) is 0. The number of rotatable bonds is 1.